The predicted octanol–water partition coefficient (Wildman–Crippen LogP) is 1.82. The van der Waals surface area contributed by atoms with Crippen molar-refractivity contribution in [1.29, 1.82) is 0 Å². The van der Waals surface area contributed by atoms with E-state index in [0.717, 1.165) is 21.5 Å². The topological polar surface area (TPSA) is 80.7 Å². The van der Waals surface area contributed by atoms with E-state index in [9.17, 15) is 0 Å². The molecule has 0 atom stereocenters. The summed E-state index contributed by atoms with van der Waals surface area (Å²) in [7, 11) is 3.48. The number of hydrogen-bond donors (Lipinski definition) is 2. The summed E-state index contributed by atoms with van der Waals surface area (Å²) < 4.78 is 10.3. The summed E-state index contributed by atoms with van der Waals surface area (Å²) in [6.45, 7) is 0. The second-order valence-electron chi connectivity index (χ2n) is 3.85. The van der Waals surface area contributed by atoms with Crippen LogP contribution in [0, 0.1) is 0 Å². The number of anilines is 1. The Labute approximate surface area is 113 Å². The molecule has 0 amide bonds. The van der Waals surface area contributed by atoms with Gasteiger partial charge in [0.15, 0.2) is 0 Å². The predicted molar refractivity (Wildman–Crippen MR) is 73.1 cm³/mol. The molecular weight excluding hydrogens is 264 g/mol. The van der Waals surface area contributed by atoms with E-state index < -0.39 is 0 Å². The van der Waals surface area contributed by atoms with Gasteiger partial charge in [-0.15, -0.1) is 0 Å². The maximum atomic E-state index is 5.30. The van der Waals surface area contributed by atoms with E-state index in [-0.39, 0.29) is 0 Å². The molecule has 0 radical (unpaired) electrons. The smallest absolute Gasteiger partial charge is 0.240 e. The van der Waals surface area contributed by atoms with Crippen molar-refractivity contribution in [2.75, 3.05) is 11.8 Å². The first-order chi connectivity index (χ1) is 9.29. The Morgan fingerprint density at radius 2 is 2.26 bits per heavy atom. The molecule has 3 rings (SSSR count). The highest BCUT2D eigenvalue weighted by Gasteiger charge is 2.13. The first kappa shape index (κ1) is 11.8. The highest BCUT2D eigenvalue weighted by Crippen LogP contribution is 2.33. The lowest BCUT2D eigenvalue weighted by Gasteiger charge is -2.10. The van der Waals surface area contributed by atoms with Gasteiger partial charge in [-0.3, -0.25) is 9.78 Å². The van der Waals surface area contributed by atoms with Crippen LogP contribution in [0.25, 0.3) is 10.9 Å². The normalized spacial score (nSPS) is 10.8. The zero-order valence-corrected chi connectivity index (χ0v) is 11.2. The van der Waals surface area contributed by atoms with Crippen molar-refractivity contribution in [2.45, 2.75) is 4.90 Å². The zero-order valence-electron chi connectivity index (χ0n) is 10.4. The van der Waals surface area contributed by atoms with E-state index in [4.69, 9.17) is 4.74 Å². The molecule has 7 nitrogen and oxygen atoms in total. The van der Waals surface area contributed by atoms with Gasteiger partial charge in [0.05, 0.1) is 29.9 Å². The summed E-state index contributed by atoms with van der Waals surface area (Å²) in [5, 5.41) is 11.8. The third-order valence-electron chi connectivity index (χ3n) is 2.68. The van der Waals surface area contributed by atoms with Gasteiger partial charge in [-0.25, -0.2) is 4.98 Å². The summed E-state index contributed by atoms with van der Waals surface area (Å²) in [5.74, 6) is 0.534. The quantitative estimate of drug-likeness (QED) is 0.707. The standard InChI is InChI=1S/C11H12N6OS/c1-17-10-7(4-15-17)3-12-11(18-2)9(10)16-19-8-5-13-14-6-8/h3-6,16H,1-2H3,(H,13,14). The molecule has 0 aliphatic rings. The minimum Gasteiger partial charge on any atom is -0.479 e. The number of hydrogen-bond acceptors (Lipinski definition) is 6. The molecule has 3 heterocycles. The molecule has 98 valence electrons. The molecule has 19 heavy (non-hydrogen) atoms. The number of H-pyrrole nitrogens is 1. The Hall–Kier alpha value is -2.22. The second kappa shape index (κ2) is 4.81. The molecule has 0 saturated carbocycles. The van der Waals surface area contributed by atoms with Crippen LogP contribution in [-0.2, 0) is 7.05 Å². The number of rotatable bonds is 4. The average molecular weight is 276 g/mol. The van der Waals surface area contributed by atoms with Crippen molar-refractivity contribution in [3.63, 3.8) is 0 Å². The molecule has 0 bridgehead atoms. The SMILES string of the molecule is COc1ncc2cnn(C)c2c1NSc1cn[nH]c1. The summed E-state index contributed by atoms with van der Waals surface area (Å²) in [6.07, 6.45) is 7.06. The molecule has 0 aliphatic carbocycles. The van der Waals surface area contributed by atoms with Crippen LogP contribution in [0.3, 0.4) is 0 Å². The molecule has 0 aromatic carbocycles. The third-order valence-corrected chi connectivity index (χ3v) is 3.44. The largest absolute Gasteiger partial charge is 0.479 e. The molecule has 3 aromatic rings. The second-order valence-corrected chi connectivity index (χ2v) is 4.73. The summed E-state index contributed by atoms with van der Waals surface area (Å²) >= 11 is 1.43. The van der Waals surface area contributed by atoms with E-state index >= 15 is 0 Å². The fourth-order valence-corrected chi connectivity index (χ4v) is 2.42. The monoisotopic (exact) mass is 276 g/mol. The molecule has 2 N–H and O–H groups in total. The van der Waals surface area contributed by atoms with Crippen molar-refractivity contribution in [2.24, 2.45) is 7.05 Å². The minimum absolute atomic E-state index is 0.534. The van der Waals surface area contributed by atoms with Gasteiger partial charge in [-0.2, -0.15) is 10.2 Å². The molecule has 0 unspecified atom stereocenters. The van der Waals surface area contributed by atoms with Crippen molar-refractivity contribution in [3.8, 4) is 5.88 Å². The average Bonchev–Trinajstić information content (AvgIpc) is 3.06. The van der Waals surface area contributed by atoms with Crippen molar-refractivity contribution in [1.82, 2.24) is 25.0 Å². The van der Waals surface area contributed by atoms with Gasteiger partial charge in [0.2, 0.25) is 5.88 Å². The first-order valence-corrected chi connectivity index (χ1v) is 6.37. The molecule has 8 heteroatoms. The van der Waals surface area contributed by atoms with Crippen LogP contribution >= 0.6 is 11.9 Å². The summed E-state index contributed by atoms with van der Waals surface area (Å²) in [6, 6.07) is 0. The molecular formula is C11H12N6OS. The Morgan fingerprint density at radius 3 is 3.00 bits per heavy atom. The fourth-order valence-electron chi connectivity index (χ4n) is 1.80. The molecule has 0 saturated heterocycles. The number of pyridine rings is 1. The number of ether oxygens (including phenoxy) is 1. The number of aryl methyl sites for hydroxylation is 1. The van der Waals surface area contributed by atoms with Crippen molar-refractivity contribution >= 4 is 28.5 Å². The summed E-state index contributed by atoms with van der Waals surface area (Å²) in [4.78, 5) is 5.24. The van der Waals surface area contributed by atoms with Crippen LogP contribution in [-0.4, -0.2) is 32.1 Å². The fraction of sp³-hybridized carbons (Fsp3) is 0.182. The zero-order chi connectivity index (χ0) is 13.2. The van der Waals surface area contributed by atoms with Gasteiger partial charge in [-0.05, 0) is 11.9 Å². The maximum Gasteiger partial charge on any atom is 0.240 e. The first-order valence-electron chi connectivity index (χ1n) is 5.56. The molecule has 0 aliphatic heterocycles. The van der Waals surface area contributed by atoms with Gasteiger partial charge in [0, 0.05) is 24.8 Å². The number of aromatic nitrogens is 5. The highest BCUT2D eigenvalue weighted by molar-refractivity contribution is 8.00. The number of nitrogens with one attached hydrogen (secondary N) is 2. The Morgan fingerprint density at radius 1 is 1.37 bits per heavy atom. The lowest BCUT2D eigenvalue weighted by molar-refractivity contribution is 0.401. The number of methoxy groups -OCH3 is 1. The van der Waals surface area contributed by atoms with Crippen LogP contribution in [0.4, 0.5) is 5.69 Å². The van der Waals surface area contributed by atoms with Crippen LogP contribution in [0.5, 0.6) is 5.88 Å². The van der Waals surface area contributed by atoms with Gasteiger partial charge in [-0.1, -0.05) is 0 Å². The number of nitrogens with zero attached hydrogens (tertiary/aromatic N) is 4. The molecule has 0 spiro atoms. The number of aromatic amines is 1. The summed E-state index contributed by atoms with van der Waals surface area (Å²) in [5.41, 5.74) is 1.74. The van der Waals surface area contributed by atoms with Crippen molar-refractivity contribution in [3.05, 3.63) is 24.8 Å². The van der Waals surface area contributed by atoms with Gasteiger partial charge < -0.3 is 9.46 Å². The Bertz CT molecular complexity index is 693. The van der Waals surface area contributed by atoms with E-state index in [1.807, 2.05) is 7.05 Å². The van der Waals surface area contributed by atoms with Crippen LogP contribution in [0.1, 0.15) is 0 Å². The highest BCUT2D eigenvalue weighted by atomic mass is 32.2. The Kier molecular flexibility index (Phi) is 3.00. The van der Waals surface area contributed by atoms with Crippen LogP contribution in [0.2, 0.25) is 0 Å². The van der Waals surface area contributed by atoms with E-state index in [1.54, 1.807) is 36.6 Å². The Balaban J connectivity index is 2.01. The minimum atomic E-state index is 0.534. The van der Waals surface area contributed by atoms with Gasteiger partial charge >= 0.3 is 0 Å². The van der Waals surface area contributed by atoms with E-state index in [1.165, 1.54) is 11.9 Å². The van der Waals surface area contributed by atoms with Gasteiger partial charge in [0.25, 0.3) is 0 Å². The molecule has 3 aromatic heterocycles. The van der Waals surface area contributed by atoms with Gasteiger partial charge in [0.1, 0.15) is 5.69 Å². The molecule has 0 fully saturated rings. The van der Waals surface area contributed by atoms with Crippen LogP contribution < -0.4 is 9.46 Å². The number of fused-ring (bicyclic) bond motifs is 1. The third kappa shape index (κ3) is 2.10. The van der Waals surface area contributed by atoms with Crippen molar-refractivity contribution < 1.29 is 4.74 Å². The van der Waals surface area contributed by atoms with Crippen LogP contribution in [0.15, 0.2) is 29.7 Å². The maximum absolute atomic E-state index is 5.30. The lowest BCUT2D eigenvalue weighted by Crippen LogP contribution is -1.99. The van der Waals surface area contributed by atoms with E-state index in [2.05, 4.69) is 25.0 Å². The lowest BCUT2D eigenvalue weighted by atomic mass is 10.3. The van der Waals surface area contributed by atoms with E-state index in [0.29, 0.717) is 5.88 Å².